The third-order valence-electron chi connectivity index (χ3n) is 3.14. The molecule has 0 unspecified atom stereocenters. The van der Waals surface area contributed by atoms with Gasteiger partial charge in [-0.2, -0.15) is 11.8 Å². The zero-order valence-corrected chi connectivity index (χ0v) is 16.0. The van der Waals surface area contributed by atoms with Crippen LogP contribution in [0.4, 0.5) is 5.69 Å². The molecule has 2 aromatic rings. The number of rotatable bonds is 8. The van der Waals surface area contributed by atoms with Crippen LogP contribution in [-0.4, -0.2) is 32.9 Å². The van der Waals surface area contributed by atoms with Crippen LogP contribution in [0.3, 0.4) is 0 Å². The number of amides is 1. The lowest BCUT2D eigenvalue weighted by Crippen LogP contribution is -2.25. The van der Waals surface area contributed by atoms with E-state index in [2.05, 4.69) is 10.0 Å². The van der Waals surface area contributed by atoms with Gasteiger partial charge in [0.25, 0.3) is 5.91 Å². The van der Waals surface area contributed by atoms with Crippen LogP contribution in [0.15, 0.2) is 48.5 Å². The number of anilines is 1. The summed E-state index contributed by atoms with van der Waals surface area (Å²) in [4.78, 5) is 12.0. The second-order valence-electron chi connectivity index (χ2n) is 5.39. The van der Waals surface area contributed by atoms with Gasteiger partial charge in [-0.25, -0.2) is 8.42 Å². The Balaban J connectivity index is 1.73. The summed E-state index contributed by atoms with van der Waals surface area (Å²) in [6.07, 6.45) is 1.08. The number of halogens is 1. The molecule has 2 aromatic carbocycles. The molecule has 0 saturated carbocycles. The molecule has 2 N–H and O–H groups in total. The lowest BCUT2D eigenvalue weighted by molar-refractivity contribution is 0.0956. The van der Waals surface area contributed by atoms with Gasteiger partial charge in [0.05, 0.1) is 6.26 Å². The molecule has 0 heterocycles. The van der Waals surface area contributed by atoms with Gasteiger partial charge in [0.15, 0.2) is 0 Å². The molecule has 1 amide bonds. The van der Waals surface area contributed by atoms with E-state index < -0.39 is 10.0 Å². The molecular formula is C17H19ClN2O3S2. The van der Waals surface area contributed by atoms with Gasteiger partial charge in [0.2, 0.25) is 10.0 Å². The number of nitrogens with one attached hydrogen (secondary N) is 2. The van der Waals surface area contributed by atoms with Crippen molar-refractivity contribution in [2.45, 2.75) is 5.75 Å². The number of sulfonamides is 1. The van der Waals surface area contributed by atoms with E-state index in [-0.39, 0.29) is 5.91 Å². The molecule has 2 rings (SSSR count). The molecule has 8 heteroatoms. The highest BCUT2D eigenvalue weighted by Gasteiger charge is 2.06. The molecule has 0 aliphatic rings. The van der Waals surface area contributed by atoms with Crippen molar-refractivity contribution < 1.29 is 13.2 Å². The van der Waals surface area contributed by atoms with Crippen LogP contribution in [0.1, 0.15) is 15.9 Å². The van der Waals surface area contributed by atoms with E-state index in [1.54, 1.807) is 36.0 Å². The lowest BCUT2D eigenvalue weighted by Gasteiger charge is -2.07. The highest BCUT2D eigenvalue weighted by Crippen LogP contribution is 2.16. The number of hydrogen-bond donors (Lipinski definition) is 2. The van der Waals surface area contributed by atoms with Crippen LogP contribution in [0.5, 0.6) is 0 Å². The Bertz CT molecular complexity index is 824. The van der Waals surface area contributed by atoms with Gasteiger partial charge in [0.1, 0.15) is 0 Å². The van der Waals surface area contributed by atoms with Crippen molar-refractivity contribution in [3.63, 3.8) is 0 Å². The molecule has 5 nitrogen and oxygen atoms in total. The topological polar surface area (TPSA) is 75.3 Å². The van der Waals surface area contributed by atoms with Gasteiger partial charge in [0, 0.05) is 34.3 Å². The predicted octanol–water partition coefficient (Wildman–Crippen LogP) is 3.37. The monoisotopic (exact) mass is 398 g/mol. The molecule has 0 saturated heterocycles. The zero-order chi connectivity index (χ0) is 18.3. The van der Waals surface area contributed by atoms with Gasteiger partial charge in [-0.3, -0.25) is 9.52 Å². The number of carbonyl (C=O) groups is 1. The molecule has 0 aliphatic heterocycles. The Morgan fingerprint density at radius 1 is 1.16 bits per heavy atom. The molecule has 0 atom stereocenters. The first-order chi connectivity index (χ1) is 11.8. The summed E-state index contributed by atoms with van der Waals surface area (Å²) in [5, 5.41) is 3.56. The Labute approximate surface area is 157 Å². The van der Waals surface area contributed by atoms with Crippen LogP contribution in [0, 0.1) is 0 Å². The second-order valence-corrected chi connectivity index (χ2v) is 8.68. The summed E-state index contributed by atoms with van der Waals surface area (Å²) in [6, 6.07) is 14.0. The van der Waals surface area contributed by atoms with Crippen LogP contribution in [-0.2, 0) is 15.8 Å². The number of carbonyl (C=O) groups excluding carboxylic acids is 1. The van der Waals surface area contributed by atoms with E-state index >= 15 is 0 Å². The molecule has 0 spiro atoms. The Morgan fingerprint density at radius 3 is 2.52 bits per heavy atom. The van der Waals surface area contributed by atoms with Crippen molar-refractivity contribution in [2.24, 2.45) is 0 Å². The standard InChI is InChI=1S/C17H19ClN2O3S2/c1-25(22,23)20-16-7-5-14(6-8-16)17(21)19-9-10-24-12-13-3-2-4-15(18)11-13/h2-8,11,20H,9-10,12H2,1H3,(H,19,21). The minimum atomic E-state index is -3.32. The largest absolute Gasteiger partial charge is 0.351 e. The fourth-order valence-corrected chi connectivity index (χ4v) is 3.64. The summed E-state index contributed by atoms with van der Waals surface area (Å²) < 4.78 is 24.6. The van der Waals surface area contributed by atoms with E-state index in [0.29, 0.717) is 17.8 Å². The maximum absolute atomic E-state index is 12.0. The summed E-state index contributed by atoms with van der Waals surface area (Å²) >= 11 is 7.65. The average Bonchev–Trinajstić information content (AvgIpc) is 2.53. The van der Waals surface area contributed by atoms with Crippen LogP contribution < -0.4 is 10.0 Å². The second kappa shape index (κ2) is 9.12. The third kappa shape index (κ3) is 7.37. The fraction of sp³-hybridized carbons (Fsp3) is 0.235. The number of hydrogen-bond acceptors (Lipinski definition) is 4. The van der Waals surface area contributed by atoms with Crippen molar-refractivity contribution in [3.8, 4) is 0 Å². The maximum Gasteiger partial charge on any atom is 0.251 e. The summed E-state index contributed by atoms with van der Waals surface area (Å²) in [7, 11) is -3.32. The first-order valence-electron chi connectivity index (χ1n) is 7.52. The van der Waals surface area contributed by atoms with Gasteiger partial charge in [-0.15, -0.1) is 0 Å². The summed E-state index contributed by atoms with van der Waals surface area (Å²) in [5.74, 6) is 1.43. The number of thioether (sulfide) groups is 1. The SMILES string of the molecule is CS(=O)(=O)Nc1ccc(C(=O)NCCSCc2cccc(Cl)c2)cc1. The van der Waals surface area contributed by atoms with Crippen LogP contribution in [0.2, 0.25) is 5.02 Å². The van der Waals surface area contributed by atoms with E-state index in [0.717, 1.165) is 28.3 Å². The molecule has 134 valence electrons. The van der Waals surface area contributed by atoms with Crippen molar-refractivity contribution in [2.75, 3.05) is 23.3 Å². The van der Waals surface area contributed by atoms with Crippen molar-refractivity contribution in [1.82, 2.24) is 5.32 Å². The summed E-state index contributed by atoms with van der Waals surface area (Å²) in [6.45, 7) is 0.549. The van der Waals surface area contributed by atoms with Gasteiger partial charge >= 0.3 is 0 Å². The molecular weight excluding hydrogens is 380 g/mol. The first-order valence-corrected chi connectivity index (χ1v) is 10.9. The molecule has 0 bridgehead atoms. The lowest BCUT2D eigenvalue weighted by atomic mass is 10.2. The smallest absolute Gasteiger partial charge is 0.251 e. The van der Waals surface area contributed by atoms with E-state index in [4.69, 9.17) is 11.6 Å². The highest BCUT2D eigenvalue weighted by atomic mass is 35.5. The van der Waals surface area contributed by atoms with Crippen LogP contribution in [0.25, 0.3) is 0 Å². The quantitative estimate of drug-likeness (QED) is 0.668. The van der Waals surface area contributed by atoms with E-state index in [9.17, 15) is 13.2 Å². The van der Waals surface area contributed by atoms with Gasteiger partial charge < -0.3 is 5.32 Å². The van der Waals surface area contributed by atoms with Crippen molar-refractivity contribution in [3.05, 3.63) is 64.7 Å². The van der Waals surface area contributed by atoms with Crippen LogP contribution >= 0.6 is 23.4 Å². The number of benzene rings is 2. The highest BCUT2D eigenvalue weighted by molar-refractivity contribution is 7.98. The molecule has 0 aliphatic carbocycles. The summed E-state index contributed by atoms with van der Waals surface area (Å²) in [5.41, 5.74) is 2.06. The first kappa shape index (κ1) is 19.6. The predicted molar refractivity (Wildman–Crippen MR) is 105 cm³/mol. The van der Waals surface area contributed by atoms with Crippen molar-refractivity contribution >= 4 is 45.0 Å². The Hall–Kier alpha value is -1.70. The molecule has 25 heavy (non-hydrogen) atoms. The minimum Gasteiger partial charge on any atom is -0.351 e. The third-order valence-corrected chi connectivity index (χ3v) is 5.01. The van der Waals surface area contributed by atoms with E-state index in [1.807, 2.05) is 24.3 Å². The van der Waals surface area contributed by atoms with Gasteiger partial charge in [-0.1, -0.05) is 23.7 Å². The molecule has 0 radical (unpaired) electrons. The normalized spacial score (nSPS) is 11.1. The molecule has 0 fully saturated rings. The average molecular weight is 399 g/mol. The molecule has 0 aromatic heterocycles. The van der Waals surface area contributed by atoms with Crippen molar-refractivity contribution in [1.29, 1.82) is 0 Å². The zero-order valence-electron chi connectivity index (χ0n) is 13.7. The minimum absolute atomic E-state index is 0.186. The fourth-order valence-electron chi connectivity index (χ4n) is 2.06. The van der Waals surface area contributed by atoms with E-state index in [1.165, 1.54) is 0 Å². The van der Waals surface area contributed by atoms with Gasteiger partial charge in [-0.05, 0) is 42.0 Å². The Morgan fingerprint density at radius 2 is 1.88 bits per heavy atom. The Kier molecular flexibility index (Phi) is 7.16. The maximum atomic E-state index is 12.0.